The fraction of sp³-hybridized carbons (Fsp3) is 0.438. The number of halogens is 1. The van der Waals surface area contributed by atoms with Crippen LogP contribution in [0.25, 0.3) is 10.1 Å². The van der Waals surface area contributed by atoms with Crippen molar-refractivity contribution in [3.05, 3.63) is 35.0 Å². The molecule has 3 nitrogen and oxygen atoms in total. The zero-order valence-electron chi connectivity index (χ0n) is 11.9. The van der Waals surface area contributed by atoms with Gasteiger partial charge in [-0.05, 0) is 31.0 Å². The number of benzene rings is 1. The Balaban J connectivity index is 1.87. The van der Waals surface area contributed by atoms with E-state index in [0.717, 1.165) is 30.4 Å². The van der Waals surface area contributed by atoms with Crippen LogP contribution in [0.1, 0.15) is 35.4 Å². The standard InChI is InChI=1S/C16H18FNO2S/c1-18(12-6-2-3-7-13(12)19)16(20)15-9-10-11(17)5-4-8-14(10)21-15/h4-5,8-9,12-13,19H,2-3,6-7H2,1H3. The lowest BCUT2D eigenvalue weighted by Crippen LogP contribution is -2.46. The van der Waals surface area contributed by atoms with Crippen LogP contribution >= 0.6 is 11.3 Å². The number of rotatable bonds is 2. The van der Waals surface area contributed by atoms with E-state index in [1.165, 1.54) is 17.4 Å². The number of nitrogens with zero attached hydrogens (tertiary/aromatic N) is 1. The fourth-order valence-electron chi connectivity index (χ4n) is 3.00. The molecule has 1 aromatic heterocycles. The second-order valence-corrected chi connectivity index (χ2v) is 6.68. The van der Waals surface area contributed by atoms with Gasteiger partial charge in [0.25, 0.3) is 5.91 Å². The molecule has 5 heteroatoms. The zero-order chi connectivity index (χ0) is 15.0. The average molecular weight is 307 g/mol. The summed E-state index contributed by atoms with van der Waals surface area (Å²) in [4.78, 5) is 14.7. The summed E-state index contributed by atoms with van der Waals surface area (Å²) in [6.45, 7) is 0. The molecule has 1 heterocycles. The molecule has 1 amide bonds. The lowest BCUT2D eigenvalue weighted by atomic mass is 9.91. The number of carbonyl (C=O) groups excluding carboxylic acids is 1. The molecule has 1 aliphatic rings. The molecule has 0 saturated heterocycles. The normalized spacial score (nSPS) is 22.4. The van der Waals surface area contributed by atoms with Crippen molar-refractivity contribution < 1.29 is 14.3 Å². The van der Waals surface area contributed by atoms with Gasteiger partial charge in [-0.25, -0.2) is 4.39 Å². The SMILES string of the molecule is CN(C(=O)c1cc2c(F)cccc2s1)C1CCCCC1O. The maximum atomic E-state index is 13.7. The first-order chi connectivity index (χ1) is 10.1. The molecule has 21 heavy (non-hydrogen) atoms. The van der Waals surface area contributed by atoms with Crippen molar-refractivity contribution in [2.45, 2.75) is 37.8 Å². The van der Waals surface area contributed by atoms with Crippen molar-refractivity contribution in [1.29, 1.82) is 0 Å². The van der Waals surface area contributed by atoms with Gasteiger partial charge in [0, 0.05) is 17.1 Å². The molecule has 1 saturated carbocycles. The topological polar surface area (TPSA) is 40.5 Å². The Bertz CT molecular complexity index is 669. The number of carbonyl (C=O) groups is 1. The van der Waals surface area contributed by atoms with Crippen LogP contribution in [-0.2, 0) is 0 Å². The molecule has 1 aliphatic carbocycles. The van der Waals surface area contributed by atoms with Gasteiger partial charge >= 0.3 is 0 Å². The molecule has 1 N–H and O–H groups in total. The number of aliphatic hydroxyl groups excluding tert-OH is 1. The summed E-state index contributed by atoms with van der Waals surface area (Å²) >= 11 is 1.30. The van der Waals surface area contributed by atoms with Crippen molar-refractivity contribution in [3.8, 4) is 0 Å². The summed E-state index contributed by atoms with van der Waals surface area (Å²) in [6.07, 6.45) is 3.14. The number of likely N-dealkylation sites (N-methyl/N-ethyl adjacent to an activating group) is 1. The number of hydrogen-bond donors (Lipinski definition) is 1. The molecule has 0 radical (unpaired) electrons. The molecule has 112 valence electrons. The second-order valence-electron chi connectivity index (χ2n) is 5.60. The quantitative estimate of drug-likeness (QED) is 0.923. The van der Waals surface area contributed by atoms with Gasteiger partial charge in [0.1, 0.15) is 5.82 Å². The molecule has 2 aromatic rings. The highest BCUT2D eigenvalue weighted by atomic mass is 32.1. The largest absolute Gasteiger partial charge is 0.391 e. The van der Waals surface area contributed by atoms with Crippen LogP contribution in [0, 0.1) is 5.82 Å². The van der Waals surface area contributed by atoms with Gasteiger partial charge in [-0.1, -0.05) is 18.9 Å². The molecule has 1 fully saturated rings. The number of fused-ring (bicyclic) bond motifs is 1. The summed E-state index contributed by atoms with van der Waals surface area (Å²) in [5.41, 5.74) is 0. The molecule has 2 atom stereocenters. The monoisotopic (exact) mass is 307 g/mol. The van der Waals surface area contributed by atoms with E-state index >= 15 is 0 Å². The Morgan fingerprint density at radius 2 is 2.14 bits per heavy atom. The van der Waals surface area contributed by atoms with Crippen molar-refractivity contribution in [1.82, 2.24) is 4.90 Å². The van der Waals surface area contributed by atoms with E-state index in [-0.39, 0.29) is 17.8 Å². The number of hydrogen-bond acceptors (Lipinski definition) is 3. The first-order valence-corrected chi connectivity index (χ1v) is 8.03. The molecule has 0 aliphatic heterocycles. The zero-order valence-corrected chi connectivity index (χ0v) is 12.7. The molecular weight excluding hydrogens is 289 g/mol. The van der Waals surface area contributed by atoms with Gasteiger partial charge in [0.15, 0.2) is 0 Å². The number of amides is 1. The lowest BCUT2D eigenvalue weighted by Gasteiger charge is -2.34. The molecule has 2 unspecified atom stereocenters. The Hall–Kier alpha value is -1.46. The van der Waals surface area contributed by atoms with E-state index in [0.29, 0.717) is 10.3 Å². The molecular formula is C16H18FNO2S. The van der Waals surface area contributed by atoms with Crippen molar-refractivity contribution >= 4 is 27.3 Å². The number of thiophene rings is 1. The highest BCUT2D eigenvalue weighted by Crippen LogP contribution is 2.30. The third-order valence-electron chi connectivity index (χ3n) is 4.23. The van der Waals surface area contributed by atoms with Crippen LogP contribution < -0.4 is 0 Å². The Morgan fingerprint density at radius 1 is 1.38 bits per heavy atom. The minimum Gasteiger partial charge on any atom is -0.391 e. The Labute approximate surface area is 127 Å². The maximum Gasteiger partial charge on any atom is 0.264 e. The first kappa shape index (κ1) is 14.5. The second kappa shape index (κ2) is 5.73. The van der Waals surface area contributed by atoms with Crippen molar-refractivity contribution in [2.75, 3.05) is 7.05 Å². The highest BCUT2D eigenvalue weighted by molar-refractivity contribution is 7.20. The molecule has 0 bridgehead atoms. The van der Waals surface area contributed by atoms with Gasteiger partial charge < -0.3 is 10.0 Å². The summed E-state index contributed by atoms with van der Waals surface area (Å²) in [5, 5.41) is 10.6. The molecule has 1 aromatic carbocycles. The van der Waals surface area contributed by atoms with Crippen LogP contribution in [0.2, 0.25) is 0 Å². The van der Waals surface area contributed by atoms with Gasteiger partial charge in [0.2, 0.25) is 0 Å². The summed E-state index contributed by atoms with van der Waals surface area (Å²) in [6, 6.07) is 6.34. The van der Waals surface area contributed by atoms with E-state index in [1.807, 2.05) is 6.07 Å². The van der Waals surface area contributed by atoms with Crippen LogP contribution in [0.15, 0.2) is 24.3 Å². The first-order valence-electron chi connectivity index (χ1n) is 7.21. The van der Waals surface area contributed by atoms with Crippen molar-refractivity contribution in [3.63, 3.8) is 0 Å². The number of aliphatic hydroxyl groups is 1. The van der Waals surface area contributed by atoms with Gasteiger partial charge in [0.05, 0.1) is 17.0 Å². The molecule has 0 spiro atoms. The van der Waals surface area contributed by atoms with Gasteiger partial charge in [-0.2, -0.15) is 0 Å². The highest BCUT2D eigenvalue weighted by Gasteiger charge is 2.30. The van der Waals surface area contributed by atoms with Crippen LogP contribution in [-0.4, -0.2) is 35.1 Å². The van der Waals surface area contributed by atoms with Crippen LogP contribution in [0.5, 0.6) is 0 Å². The third-order valence-corrected chi connectivity index (χ3v) is 5.32. The smallest absolute Gasteiger partial charge is 0.264 e. The van der Waals surface area contributed by atoms with Crippen molar-refractivity contribution in [2.24, 2.45) is 0 Å². The average Bonchev–Trinajstić information content (AvgIpc) is 2.92. The summed E-state index contributed by atoms with van der Waals surface area (Å²) in [7, 11) is 1.72. The predicted molar refractivity (Wildman–Crippen MR) is 82.1 cm³/mol. The minimum absolute atomic E-state index is 0.137. The summed E-state index contributed by atoms with van der Waals surface area (Å²) < 4.78 is 14.5. The van der Waals surface area contributed by atoms with Gasteiger partial charge in [-0.15, -0.1) is 11.3 Å². The Morgan fingerprint density at radius 3 is 2.86 bits per heavy atom. The Kier molecular flexibility index (Phi) is 3.95. The predicted octanol–water partition coefficient (Wildman–Crippen LogP) is 3.42. The third kappa shape index (κ3) is 2.68. The van der Waals surface area contributed by atoms with E-state index < -0.39 is 6.10 Å². The van der Waals surface area contributed by atoms with E-state index in [2.05, 4.69) is 0 Å². The van der Waals surface area contributed by atoms with E-state index in [9.17, 15) is 14.3 Å². The summed E-state index contributed by atoms with van der Waals surface area (Å²) in [5.74, 6) is -0.440. The van der Waals surface area contributed by atoms with Crippen LogP contribution in [0.4, 0.5) is 4.39 Å². The fourth-order valence-corrected chi connectivity index (χ4v) is 4.06. The lowest BCUT2D eigenvalue weighted by molar-refractivity contribution is 0.0271. The van der Waals surface area contributed by atoms with E-state index in [4.69, 9.17) is 0 Å². The minimum atomic E-state index is -0.459. The van der Waals surface area contributed by atoms with Crippen LogP contribution in [0.3, 0.4) is 0 Å². The maximum absolute atomic E-state index is 13.7. The molecule has 3 rings (SSSR count). The van der Waals surface area contributed by atoms with E-state index in [1.54, 1.807) is 24.1 Å². The van der Waals surface area contributed by atoms with Gasteiger partial charge in [-0.3, -0.25) is 4.79 Å².